The van der Waals surface area contributed by atoms with E-state index in [1.54, 1.807) is 7.11 Å². The number of allylic oxidation sites excluding steroid dienone is 1. The van der Waals surface area contributed by atoms with Crippen molar-refractivity contribution in [1.29, 1.82) is 0 Å². The molecule has 32 heavy (non-hydrogen) atoms. The van der Waals surface area contributed by atoms with Crippen molar-refractivity contribution in [2.45, 2.75) is 25.8 Å². The number of aromatic amines is 1. The number of rotatable bonds is 5. The van der Waals surface area contributed by atoms with Crippen molar-refractivity contribution in [2.24, 2.45) is 0 Å². The summed E-state index contributed by atoms with van der Waals surface area (Å²) in [5.74, 6) is 0.0497. The smallest absolute Gasteiger partial charge is 0.415 e. The topological polar surface area (TPSA) is 98.3 Å². The lowest BCUT2D eigenvalue weighted by Gasteiger charge is -2.24. The Balaban J connectivity index is 1.85. The van der Waals surface area contributed by atoms with Crippen molar-refractivity contribution in [2.75, 3.05) is 13.7 Å². The van der Waals surface area contributed by atoms with Gasteiger partial charge in [0.1, 0.15) is 23.6 Å². The maximum Gasteiger partial charge on any atom is 0.415 e. The maximum atomic E-state index is 13.1. The van der Waals surface area contributed by atoms with Crippen molar-refractivity contribution in [3.8, 4) is 0 Å². The van der Waals surface area contributed by atoms with E-state index in [9.17, 15) is 14.7 Å². The molecule has 2 aliphatic rings. The van der Waals surface area contributed by atoms with Gasteiger partial charge in [-0.15, -0.1) is 0 Å². The van der Waals surface area contributed by atoms with Gasteiger partial charge in [0, 0.05) is 18.2 Å². The molecule has 5 rings (SSSR count). The SMILES string of the molecule is CCc1ccc(C2C3=C(O)c4ccccc4C3=[NH+]c3c2c(=O)[nH]c(=O)n3CCOC)cc1. The van der Waals surface area contributed by atoms with E-state index in [2.05, 4.69) is 16.9 Å². The fourth-order valence-electron chi connectivity index (χ4n) is 4.66. The molecule has 0 fully saturated rings. The molecule has 0 saturated carbocycles. The number of benzene rings is 2. The molecule has 2 heterocycles. The van der Waals surface area contributed by atoms with Gasteiger partial charge in [-0.25, -0.2) is 9.79 Å². The molecular weight excluding hydrogens is 406 g/mol. The van der Waals surface area contributed by atoms with Crippen LogP contribution in [-0.4, -0.2) is 34.1 Å². The van der Waals surface area contributed by atoms with Gasteiger partial charge in [-0.3, -0.25) is 9.78 Å². The van der Waals surface area contributed by atoms with Crippen LogP contribution in [0.4, 0.5) is 5.82 Å². The monoisotopic (exact) mass is 430 g/mol. The number of hydrogen-bond acceptors (Lipinski definition) is 4. The summed E-state index contributed by atoms with van der Waals surface area (Å²) in [4.78, 5) is 31.6. The van der Waals surface area contributed by atoms with E-state index in [1.807, 2.05) is 48.5 Å². The van der Waals surface area contributed by atoms with Crippen LogP contribution < -0.4 is 16.2 Å². The first-order valence-corrected chi connectivity index (χ1v) is 10.7. The number of hydrogen-bond donors (Lipinski definition) is 3. The summed E-state index contributed by atoms with van der Waals surface area (Å²) < 4.78 is 6.68. The van der Waals surface area contributed by atoms with E-state index in [0.717, 1.165) is 17.5 Å². The second-order valence-corrected chi connectivity index (χ2v) is 8.00. The second kappa shape index (κ2) is 7.76. The molecule has 1 aromatic heterocycles. The standard InChI is InChI=1S/C25H23N3O4/c1-3-14-8-10-15(11-9-14)18-19-21(16-6-4-5-7-17(16)22(19)29)26-23-20(18)24(30)27-25(31)28(23)12-13-32-2/h4-11,18,29H,3,12-13H2,1-2H3,(H,27,30,31)/p+1. The van der Waals surface area contributed by atoms with Crippen LogP contribution in [0.1, 0.15) is 40.7 Å². The van der Waals surface area contributed by atoms with Crippen LogP contribution in [0.2, 0.25) is 0 Å². The number of ether oxygens (including phenoxy) is 1. The zero-order chi connectivity index (χ0) is 22.4. The molecule has 1 unspecified atom stereocenters. The van der Waals surface area contributed by atoms with Gasteiger partial charge in [0.25, 0.3) is 11.4 Å². The Bertz CT molecular complexity index is 1390. The highest BCUT2D eigenvalue weighted by atomic mass is 16.5. The highest BCUT2D eigenvalue weighted by Crippen LogP contribution is 2.43. The quantitative estimate of drug-likeness (QED) is 0.570. The highest BCUT2D eigenvalue weighted by molar-refractivity contribution is 6.21. The molecular formula is C25H24N3O4+. The number of fused-ring (bicyclic) bond motifs is 4. The lowest BCUT2D eigenvalue weighted by atomic mass is 9.81. The number of nitrogens with zero attached hydrogens (tertiary/aromatic N) is 1. The van der Waals surface area contributed by atoms with Gasteiger partial charge >= 0.3 is 5.69 Å². The summed E-state index contributed by atoms with van der Waals surface area (Å²) >= 11 is 0. The minimum atomic E-state index is -0.530. The minimum absolute atomic E-state index is 0.146. The summed E-state index contributed by atoms with van der Waals surface area (Å²) in [6.45, 7) is 2.68. The van der Waals surface area contributed by atoms with E-state index in [-0.39, 0.29) is 12.3 Å². The Kier molecular flexibility index (Phi) is 4.90. The van der Waals surface area contributed by atoms with Crippen LogP contribution in [0.5, 0.6) is 0 Å². The average molecular weight is 430 g/mol. The molecule has 3 aromatic rings. The molecule has 0 bridgehead atoms. The third-order valence-electron chi connectivity index (χ3n) is 6.27. The molecule has 0 amide bonds. The van der Waals surface area contributed by atoms with Crippen LogP contribution >= 0.6 is 0 Å². The zero-order valence-corrected chi connectivity index (χ0v) is 17.9. The molecule has 7 nitrogen and oxygen atoms in total. The number of aryl methyl sites for hydroxylation is 1. The number of methoxy groups -OCH3 is 1. The van der Waals surface area contributed by atoms with Gasteiger partial charge in [0.15, 0.2) is 0 Å². The fraction of sp³-hybridized carbons (Fsp3) is 0.240. The number of H-pyrrole nitrogens is 1. The number of nitrogens with one attached hydrogen (secondary N) is 2. The molecule has 1 aliphatic carbocycles. The van der Waals surface area contributed by atoms with Gasteiger partial charge in [-0.2, -0.15) is 4.57 Å². The summed E-state index contributed by atoms with van der Waals surface area (Å²) in [5, 5.41) is 11.2. The van der Waals surface area contributed by atoms with E-state index in [4.69, 9.17) is 4.74 Å². The van der Waals surface area contributed by atoms with E-state index < -0.39 is 17.2 Å². The fourth-order valence-corrected chi connectivity index (χ4v) is 4.66. The number of aliphatic hydroxyl groups is 1. The minimum Gasteiger partial charge on any atom is -0.507 e. The largest absolute Gasteiger partial charge is 0.507 e. The molecule has 0 saturated heterocycles. The number of aliphatic hydroxyl groups excluding tert-OH is 1. The van der Waals surface area contributed by atoms with Crippen LogP contribution in [0, 0.1) is 0 Å². The van der Waals surface area contributed by atoms with Gasteiger partial charge in [0.2, 0.25) is 0 Å². The Hall–Kier alpha value is -3.71. The number of aromatic nitrogens is 2. The van der Waals surface area contributed by atoms with Gasteiger partial charge < -0.3 is 9.84 Å². The highest BCUT2D eigenvalue weighted by Gasteiger charge is 2.44. The van der Waals surface area contributed by atoms with Crippen LogP contribution in [0.15, 0.2) is 63.7 Å². The molecule has 0 radical (unpaired) electrons. The molecule has 1 aliphatic heterocycles. The first kappa shape index (κ1) is 20.2. The predicted octanol–water partition coefficient (Wildman–Crippen LogP) is 1.37. The average Bonchev–Trinajstić information content (AvgIpc) is 3.10. The summed E-state index contributed by atoms with van der Waals surface area (Å²) in [5.41, 5.74) is 4.40. The second-order valence-electron chi connectivity index (χ2n) is 8.00. The first-order valence-electron chi connectivity index (χ1n) is 10.7. The zero-order valence-electron chi connectivity index (χ0n) is 17.9. The van der Waals surface area contributed by atoms with Crippen molar-refractivity contribution < 1.29 is 14.8 Å². The lowest BCUT2D eigenvalue weighted by molar-refractivity contribution is -0.364. The molecule has 1 atom stereocenters. The molecule has 7 heteroatoms. The van der Waals surface area contributed by atoms with Crippen LogP contribution in [0.3, 0.4) is 0 Å². The van der Waals surface area contributed by atoms with Crippen LogP contribution in [-0.2, 0) is 17.7 Å². The van der Waals surface area contributed by atoms with Gasteiger partial charge in [-0.1, -0.05) is 49.4 Å². The van der Waals surface area contributed by atoms with E-state index in [0.29, 0.717) is 34.8 Å². The Morgan fingerprint density at radius 1 is 1.09 bits per heavy atom. The van der Waals surface area contributed by atoms with Crippen molar-refractivity contribution in [3.05, 3.63) is 103 Å². The van der Waals surface area contributed by atoms with Crippen molar-refractivity contribution in [1.82, 2.24) is 9.55 Å². The Morgan fingerprint density at radius 3 is 2.50 bits per heavy atom. The van der Waals surface area contributed by atoms with E-state index >= 15 is 0 Å². The normalized spacial score (nSPS) is 16.4. The summed E-state index contributed by atoms with van der Waals surface area (Å²) in [6, 6.07) is 15.6. The molecule has 3 N–H and O–H groups in total. The summed E-state index contributed by atoms with van der Waals surface area (Å²) in [6.07, 6.45) is 0.900. The molecule has 2 aromatic carbocycles. The van der Waals surface area contributed by atoms with Gasteiger partial charge in [0.05, 0.1) is 18.1 Å². The predicted molar refractivity (Wildman–Crippen MR) is 122 cm³/mol. The third-order valence-corrected chi connectivity index (χ3v) is 6.27. The maximum absolute atomic E-state index is 13.1. The van der Waals surface area contributed by atoms with E-state index in [1.165, 1.54) is 10.1 Å². The van der Waals surface area contributed by atoms with Crippen molar-refractivity contribution in [3.63, 3.8) is 0 Å². The van der Waals surface area contributed by atoms with Crippen LogP contribution in [0.25, 0.3) is 5.76 Å². The first-order chi connectivity index (χ1) is 15.5. The Morgan fingerprint density at radius 2 is 1.81 bits per heavy atom. The van der Waals surface area contributed by atoms with Crippen molar-refractivity contribution >= 4 is 17.3 Å². The third kappa shape index (κ3) is 2.97. The molecule has 162 valence electrons. The summed E-state index contributed by atoms with van der Waals surface area (Å²) in [7, 11) is 1.57. The van der Waals surface area contributed by atoms with Gasteiger partial charge in [-0.05, 0) is 23.6 Å². The lowest BCUT2D eigenvalue weighted by Crippen LogP contribution is -2.72. The molecule has 0 spiro atoms. The Labute approximate surface area is 184 Å².